The predicted molar refractivity (Wildman–Crippen MR) is 96.0 cm³/mol. The van der Waals surface area contributed by atoms with Crippen LogP contribution in [0.2, 0.25) is 0 Å². The van der Waals surface area contributed by atoms with Gasteiger partial charge >= 0.3 is 0 Å². The zero-order valence-corrected chi connectivity index (χ0v) is 15.3. The lowest BCUT2D eigenvalue weighted by molar-refractivity contribution is -0.143. The number of hydrogen-bond donors (Lipinski definition) is 1. The molecule has 0 bridgehead atoms. The average Bonchev–Trinajstić information content (AvgIpc) is 3.23. The standard InChI is InChI=1S/C17H21N5O2S/c1-17(2,3)15(24)22-10-6-8-12(22)13(23)19-16-21-20-14(25-16)11-7-4-5-9-18-11/h4-5,7,9,12H,6,8,10H2,1-3H3,(H,19,21,23). The molecule has 1 saturated heterocycles. The van der Waals surface area contributed by atoms with Crippen LogP contribution in [0, 0.1) is 5.41 Å². The van der Waals surface area contributed by atoms with E-state index in [4.69, 9.17) is 0 Å². The summed E-state index contributed by atoms with van der Waals surface area (Å²) in [5, 5.41) is 11.9. The van der Waals surface area contributed by atoms with Gasteiger partial charge < -0.3 is 4.90 Å². The molecule has 1 aliphatic heterocycles. The normalized spacial score (nSPS) is 17.6. The molecule has 2 aromatic heterocycles. The second kappa shape index (κ2) is 6.87. The highest BCUT2D eigenvalue weighted by atomic mass is 32.1. The summed E-state index contributed by atoms with van der Waals surface area (Å²) in [7, 11) is 0. The lowest BCUT2D eigenvalue weighted by Crippen LogP contribution is -2.47. The van der Waals surface area contributed by atoms with Crippen LogP contribution >= 0.6 is 11.3 Å². The van der Waals surface area contributed by atoms with Crippen molar-refractivity contribution < 1.29 is 9.59 Å². The quantitative estimate of drug-likeness (QED) is 0.910. The first kappa shape index (κ1) is 17.5. The Morgan fingerprint density at radius 3 is 2.76 bits per heavy atom. The Bertz CT molecular complexity index is 769. The van der Waals surface area contributed by atoms with Crippen LogP contribution in [-0.4, -0.2) is 44.5 Å². The first-order valence-electron chi connectivity index (χ1n) is 8.23. The van der Waals surface area contributed by atoms with E-state index in [1.165, 1.54) is 11.3 Å². The Balaban J connectivity index is 1.70. The summed E-state index contributed by atoms with van der Waals surface area (Å²) in [6, 6.07) is 5.09. The number of nitrogens with one attached hydrogen (secondary N) is 1. The smallest absolute Gasteiger partial charge is 0.249 e. The van der Waals surface area contributed by atoms with E-state index in [9.17, 15) is 9.59 Å². The van der Waals surface area contributed by atoms with E-state index in [1.54, 1.807) is 11.1 Å². The van der Waals surface area contributed by atoms with Gasteiger partial charge in [0, 0.05) is 18.2 Å². The summed E-state index contributed by atoms with van der Waals surface area (Å²) in [4.78, 5) is 31.1. The van der Waals surface area contributed by atoms with Gasteiger partial charge in [0.2, 0.25) is 16.9 Å². The SMILES string of the molecule is CC(C)(C)C(=O)N1CCCC1C(=O)Nc1nnc(-c2ccccn2)s1. The van der Waals surface area contributed by atoms with Gasteiger partial charge in [-0.1, -0.05) is 38.2 Å². The Hall–Kier alpha value is -2.35. The van der Waals surface area contributed by atoms with Gasteiger partial charge in [-0.2, -0.15) is 0 Å². The van der Waals surface area contributed by atoms with E-state index in [0.29, 0.717) is 28.8 Å². The summed E-state index contributed by atoms with van der Waals surface area (Å²) in [6.45, 7) is 6.22. The molecule has 132 valence electrons. The lowest BCUT2D eigenvalue weighted by Gasteiger charge is -2.29. The molecule has 1 aliphatic rings. The third-order valence-electron chi connectivity index (χ3n) is 4.00. The van der Waals surface area contributed by atoms with Crippen molar-refractivity contribution in [1.29, 1.82) is 0 Å². The van der Waals surface area contributed by atoms with Crippen molar-refractivity contribution in [3.8, 4) is 10.7 Å². The summed E-state index contributed by atoms with van der Waals surface area (Å²) < 4.78 is 0. The number of nitrogens with zero attached hydrogens (tertiary/aromatic N) is 4. The van der Waals surface area contributed by atoms with Gasteiger partial charge in [0.05, 0.1) is 0 Å². The fourth-order valence-corrected chi connectivity index (χ4v) is 3.49. The van der Waals surface area contributed by atoms with E-state index >= 15 is 0 Å². The molecule has 2 amide bonds. The zero-order valence-electron chi connectivity index (χ0n) is 14.5. The minimum Gasteiger partial charge on any atom is -0.330 e. The molecular weight excluding hydrogens is 338 g/mol. The van der Waals surface area contributed by atoms with Gasteiger partial charge in [-0.3, -0.25) is 19.9 Å². The van der Waals surface area contributed by atoms with Crippen LogP contribution in [0.3, 0.4) is 0 Å². The summed E-state index contributed by atoms with van der Waals surface area (Å²) in [5.74, 6) is -0.213. The van der Waals surface area contributed by atoms with Gasteiger partial charge in [-0.05, 0) is 25.0 Å². The molecule has 8 heteroatoms. The van der Waals surface area contributed by atoms with Crippen LogP contribution in [0.1, 0.15) is 33.6 Å². The second-order valence-corrected chi connectivity index (χ2v) is 8.00. The number of carbonyl (C=O) groups excluding carboxylic acids is 2. The Labute approximate surface area is 150 Å². The number of likely N-dealkylation sites (tertiary alicyclic amines) is 1. The van der Waals surface area contributed by atoms with Crippen LogP contribution in [0.4, 0.5) is 5.13 Å². The maximum Gasteiger partial charge on any atom is 0.249 e. The largest absolute Gasteiger partial charge is 0.330 e. The van der Waals surface area contributed by atoms with E-state index in [1.807, 2.05) is 39.0 Å². The maximum atomic E-state index is 12.6. The number of anilines is 1. The molecular formula is C17H21N5O2S. The first-order valence-corrected chi connectivity index (χ1v) is 9.05. The second-order valence-electron chi connectivity index (χ2n) is 7.02. The third kappa shape index (κ3) is 3.84. The number of pyridine rings is 1. The van der Waals surface area contributed by atoms with Gasteiger partial charge in [-0.25, -0.2) is 0 Å². The average molecular weight is 359 g/mol. The summed E-state index contributed by atoms with van der Waals surface area (Å²) >= 11 is 1.27. The van der Waals surface area contributed by atoms with Crippen molar-refractivity contribution in [3.05, 3.63) is 24.4 Å². The van der Waals surface area contributed by atoms with Gasteiger partial charge in [0.1, 0.15) is 11.7 Å². The number of amides is 2. The maximum absolute atomic E-state index is 12.6. The lowest BCUT2D eigenvalue weighted by atomic mass is 9.94. The van der Waals surface area contributed by atoms with Crippen molar-refractivity contribution >= 4 is 28.3 Å². The molecule has 3 heterocycles. The number of hydrogen-bond acceptors (Lipinski definition) is 6. The van der Waals surface area contributed by atoms with Crippen LogP contribution < -0.4 is 5.32 Å². The Morgan fingerprint density at radius 2 is 2.08 bits per heavy atom. The van der Waals surface area contributed by atoms with Crippen molar-refractivity contribution in [2.24, 2.45) is 5.41 Å². The molecule has 0 aliphatic carbocycles. The molecule has 2 aromatic rings. The fraction of sp³-hybridized carbons (Fsp3) is 0.471. The highest BCUT2D eigenvalue weighted by Gasteiger charge is 2.38. The Kier molecular flexibility index (Phi) is 4.80. The molecule has 7 nitrogen and oxygen atoms in total. The monoisotopic (exact) mass is 359 g/mol. The van der Waals surface area contributed by atoms with E-state index in [2.05, 4.69) is 20.5 Å². The van der Waals surface area contributed by atoms with Crippen LogP contribution in [0.5, 0.6) is 0 Å². The first-order chi connectivity index (χ1) is 11.9. The van der Waals surface area contributed by atoms with Crippen LogP contribution in [-0.2, 0) is 9.59 Å². The molecule has 0 saturated carbocycles. The minimum atomic E-state index is -0.502. The zero-order chi connectivity index (χ0) is 18.0. The predicted octanol–water partition coefficient (Wildman–Crippen LogP) is 2.58. The molecule has 1 N–H and O–H groups in total. The molecule has 0 aromatic carbocycles. The number of carbonyl (C=O) groups is 2. The number of aromatic nitrogens is 3. The third-order valence-corrected chi connectivity index (χ3v) is 4.86. The Morgan fingerprint density at radius 1 is 1.28 bits per heavy atom. The highest BCUT2D eigenvalue weighted by molar-refractivity contribution is 7.18. The summed E-state index contributed by atoms with van der Waals surface area (Å²) in [6.07, 6.45) is 3.18. The fourth-order valence-electron chi connectivity index (χ4n) is 2.77. The molecule has 0 radical (unpaired) electrons. The highest BCUT2D eigenvalue weighted by Crippen LogP contribution is 2.28. The van der Waals surface area contributed by atoms with Gasteiger partial charge in [-0.15, -0.1) is 10.2 Å². The van der Waals surface area contributed by atoms with Crippen LogP contribution in [0.25, 0.3) is 10.7 Å². The van der Waals surface area contributed by atoms with E-state index in [-0.39, 0.29) is 11.8 Å². The van der Waals surface area contributed by atoms with Crippen molar-refractivity contribution in [1.82, 2.24) is 20.1 Å². The van der Waals surface area contributed by atoms with Crippen molar-refractivity contribution in [3.63, 3.8) is 0 Å². The van der Waals surface area contributed by atoms with E-state index < -0.39 is 11.5 Å². The molecule has 25 heavy (non-hydrogen) atoms. The van der Waals surface area contributed by atoms with Crippen LogP contribution in [0.15, 0.2) is 24.4 Å². The van der Waals surface area contributed by atoms with Crippen molar-refractivity contribution in [2.45, 2.75) is 39.7 Å². The topological polar surface area (TPSA) is 88.1 Å². The molecule has 1 fully saturated rings. The molecule has 1 unspecified atom stereocenters. The molecule has 1 atom stereocenters. The van der Waals surface area contributed by atoms with E-state index in [0.717, 1.165) is 6.42 Å². The summed E-state index contributed by atoms with van der Waals surface area (Å²) in [5.41, 5.74) is 0.212. The minimum absolute atomic E-state index is 0.00316. The molecule has 0 spiro atoms. The van der Waals surface area contributed by atoms with Gasteiger partial charge in [0.15, 0.2) is 5.01 Å². The van der Waals surface area contributed by atoms with Crippen molar-refractivity contribution in [2.75, 3.05) is 11.9 Å². The van der Waals surface area contributed by atoms with Gasteiger partial charge in [0.25, 0.3) is 0 Å². The number of rotatable bonds is 3. The molecule has 3 rings (SSSR count).